The Hall–Kier alpha value is -0.210. The van der Waals surface area contributed by atoms with Gasteiger partial charge in [-0.3, -0.25) is 4.79 Å². The molecule has 1 unspecified atom stereocenters. The first-order valence-corrected chi connectivity index (χ1v) is 23.5. The molecule has 2 aliphatic carbocycles. The zero-order valence-corrected chi connectivity index (χ0v) is 35.8. The Kier molecular flexibility index (Phi) is 24.3. The smallest absolute Gasteiger partial charge is 0 e. The first kappa shape index (κ1) is 44.9. The molecule has 0 bridgehead atoms. The molecular formula is C40H38Au2Cl2FeO2P2+2. The fourth-order valence-electron chi connectivity index (χ4n) is 5.39. The third-order valence-electron chi connectivity index (χ3n) is 7.32. The molecule has 9 heteroatoms. The van der Waals surface area contributed by atoms with Crippen molar-refractivity contribution in [3.8, 4) is 0 Å². The summed E-state index contributed by atoms with van der Waals surface area (Å²) in [5.74, 6) is 0.829. The van der Waals surface area contributed by atoms with Crippen molar-refractivity contribution in [2.75, 3.05) is 0 Å². The van der Waals surface area contributed by atoms with Gasteiger partial charge in [0.1, 0.15) is 17.4 Å². The minimum Gasteiger partial charge on any atom is 0 e. The van der Waals surface area contributed by atoms with E-state index < -0.39 is 15.8 Å². The molecule has 0 aromatic heterocycles. The van der Waals surface area contributed by atoms with Crippen LogP contribution in [0.25, 0.3) is 0 Å². The van der Waals surface area contributed by atoms with Gasteiger partial charge in [-0.25, -0.2) is 0 Å². The molecule has 2 aliphatic rings. The Bertz CT molecular complexity index is 1330. The van der Waals surface area contributed by atoms with Crippen LogP contribution in [0.1, 0.15) is 13.8 Å². The monoisotopic (exact) mass is 1130 g/mol. The predicted molar refractivity (Wildman–Crippen MR) is 202 cm³/mol. The SMILES string of the molecule is CC(=O)OC(C)[C]1[CH][CH][CH][CH][C]1[PH+](c1ccccc1)c1ccccc1.[CH]1[CH][CH][C]([PH+](c2ccccc2)c2ccccc2)[CH][CH]1.[Cl][Au].[Cl][Au].[Fe]. The van der Waals surface area contributed by atoms with Crippen LogP contribution >= 0.6 is 34.2 Å². The van der Waals surface area contributed by atoms with Gasteiger partial charge in [0.15, 0.2) is 0 Å². The zero-order valence-electron chi connectivity index (χ0n) is 26.8. The van der Waals surface area contributed by atoms with Crippen LogP contribution in [0, 0.1) is 75.0 Å². The molecule has 0 N–H and O–H groups in total. The number of hydrogen-bond acceptors (Lipinski definition) is 2. The minimum atomic E-state index is -1.18. The second kappa shape index (κ2) is 26.5. The van der Waals surface area contributed by atoms with Crippen LogP contribution in [-0.2, 0) is 66.6 Å². The van der Waals surface area contributed by atoms with Gasteiger partial charge in [-0.05, 0) is 94.0 Å². The summed E-state index contributed by atoms with van der Waals surface area (Å²) in [4.78, 5) is 11.4. The average molecular weight is 1130 g/mol. The summed E-state index contributed by atoms with van der Waals surface area (Å²) in [7, 11) is 7.11. The molecule has 0 heterocycles. The normalized spacial score (nSPS) is 15.6. The average Bonchev–Trinajstić information content (AvgIpc) is 3.16. The quantitative estimate of drug-likeness (QED) is 0.101. The predicted octanol–water partition coefficient (Wildman–Crippen LogP) is 8.53. The van der Waals surface area contributed by atoms with Gasteiger partial charge in [-0.2, -0.15) is 0 Å². The molecule has 262 valence electrons. The molecule has 0 aliphatic heterocycles. The number of carbonyl (C=O) groups is 1. The van der Waals surface area contributed by atoms with E-state index in [4.69, 9.17) is 4.74 Å². The van der Waals surface area contributed by atoms with Crippen LogP contribution in [-0.4, -0.2) is 12.1 Å². The maximum absolute atomic E-state index is 11.4. The molecule has 2 fully saturated rings. The van der Waals surface area contributed by atoms with Crippen LogP contribution < -0.4 is 21.2 Å². The molecular weight excluding hydrogens is 1100 g/mol. The Morgan fingerprint density at radius 2 is 0.898 bits per heavy atom. The van der Waals surface area contributed by atoms with Crippen LogP contribution in [0.5, 0.6) is 0 Å². The summed E-state index contributed by atoms with van der Waals surface area (Å²) in [5, 5.41) is 5.51. The second-order valence-electron chi connectivity index (χ2n) is 10.4. The first-order valence-electron chi connectivity index (χ1n) is 15.1. The van der Waals surface area contributed by atoms with Crippen molar-refractivity contribution in [3.63, 3.8) is 0 Å². The van der Waals surface area contributed by atoms with Crippen molar-refractivity contribution in [2.45, 2.75) is 20.0 Å². The van der Waals surface area contributed by atoms with Gasteiger partial charge in [0, 0.05) is 43.3 Å². The Morgan fingerprint density at radius 1 is 0.551 bits per heavy atom. The summed E-state index contributed by atoms with van der Waals surface area (Å²) in [6.45, 7) is 3.40. The summed E-state index contributed by atoms with van der Waals surface area (Å²) in [5.41, 5.74) is 2.70. The molecule has 0 amide bonds. The molecule has 12 radical (unpaired) electrons. The number of carbonyl (C=O) groups excluding carboxylic acids is 1. The van der Waals surface area contributed by atoms with Crippen LogP contribution in [0.2, 0.25) is 0 Å². The summed E-state index contributed by atoms with van der Waals surface area (Å²) in [6, 6.07) is 42.8. The number of rotatable bonds is 8. The van der Waals surface area contributed by atoms with E-state index in [2.05, 4.69) is 179 Å². The molecule has 49 heavy (non-hydrogen) atoms. The third-order valence-corrected chi connectivity index (χ3v) is 12.9. The molecule has 4 aromatic rings. The fourth-order valence-corrected chi connectivity index (χ4v) is 10.8. The third kappa shape index (κ3) is 14.6. The van der Waals surface area contributed by atoms with E-state index >= 15 is 0 Å². The van der Waals surface area contributed by atoms with Gasteiger partial charge < -0.3 is 4.74 Å². The first-order chi connectivity index (χ1) is 23.6. The Morgan fingerprint density at radius 3 is 1.29 bits per heavy atom. The topological polar surface area (TPSA) is 26.3 Å². The van der Waals surface area contributed by atoms with Crippen molar-refractivity contribution >= 4 is 61.4 Å². The van der Waals surface area contributed by atoms with Crippen molar-refractivity contribution in [1.82, 2.24) is 0 Å². The van der Waals surface area contributed by atoms with Crippen molar-refractivity contribution in [3.05, 3.63) is 196 Å². The minimum absolute atomic E-state index is 0. The van der Waals surface area contributed by atoms with E-state index in [1.54, 1.807) is 40.0 Å². The molecule has 4 aromatic carbocycles. The van der Waals surface area contributed by atoms with E-state index in [9.17, 15) is 4.79 Å². The van der Waals surface area contributed by atoms with Gasteiger partial charge in [-0.15, -0.1) is 0 Å². The Balaban J connectivity index is 0.000000311. The van der Waals surface area contributed by atoms with E-state index in [1.165, 1.54) is 39.5 Å². The summed E-state index contributed by atoms with van der Waals surface area (Å²) in [6.07, 6.45) is 18.9. The van der Waals surface area contributed by atoms with Crippen LogP contribution in [0.3, 0.4) is 0 Å². The maximum atomic E-state index is 11.4. The largest absolute Gasteiger partial charge is 0 e. The number of halogens is 2. The summed E-state index contributed by atoms with van der Waals surface area (Å²) >= 11 is 3.50. The standard InChI is InChI=1S/C22H22O2P.C18H16P.2Au.2ClH.Fe/c1-17(24-18(2)23)21-15-9-10-16-22(21)25(19-11-5-3-6-12-19)20-13-7-4-8-14-20;1-4-10-16(11-5-1)19(17-12-6-2-7-13-17)18-14-8-3-9-15-18;;;;;/h3-17,25H,1-2H3;1-15,19H;;;2*1H;/q4*+1;;;/p-2. The van der Waals surface area contributed by atoms with Crippen LogP contribution in [0.15, 0.2) is 121 Å². The van der Waals surface area contributed by atoms with Crippen molar-refractivity contribution in [2.24, 2.45) is 0 Å². The van der Waals surface area contributed by atoms with E-state index in [0.29, 0.717) is 0 Å². The van der Waals surface area contributed by atoms with Crippen LogP contribution in [0.4, 0.5) is 0 Å². The maximum Gasteiger partial charge on any atom is 0 e. The van der Waals surface area contributed by atoms with E-state index in [-0.39, 0.29) is 29.1 Å². The molecule has 0 spiro atoms. The summed E-state index contributed by atoms with van der Waals surface area (Å²) < 4.78 is 5.48. The van der Waals surface area contributed by atoms with Crippen molar-refractivity contribution in [1.29, 1.82) is 0 Å². The number of hydrogen-bond donors (Lipinski definition) is 0. The molecule has 2 saturated carbocycles. The molecule has 1 atom stereocenters. The molecule has 6 rings (SSSR count). The number of esters is 1. The zero-order chi connectivity index (χ0) is 34.6. The van der Waals surface area contributed by atoms with E-state index in [1.807, 2.05) is 25.5 Å². The fraction of sp³-hybridized carbons (Fsp3) is 0.0750. The van der Waals surface area contributed by atoms with Gasteiger partial charge in [0.25, 0.3) is 0 Å². The second-order valence-corrected chi connectivity index (χ2v) is 15.3. The Labute approximate surface area is 341 Å². The van der Waals surface area contributed by atoms with Gasteiger partial charge in [0.05, 0.1) is 43.0 Å². The van der Waals surface area contributed by atoms with Gasteiger partial charge in [-0.1, -0.05) is 72.8 Å². The molecule has 2 nitrogen and oxygen atoms in total. The van der Waals surface area contributed by atoms with Gasteiger partial charge in [0.2, 0.25) is 0 Å². The van der Waals surface area contributed by atoms with Crippen molar-refractivity contribution < 1.29 is 66.6 Å². The van der Waals surface area contributed by atoms with Gasteiger partial charge >= 0.3 is 64.3 Å². The molecule has 0 saturated heterocycles. The number of benzene rings is 4. The number of ether oxygens (including phenoxy) is 1. The van der Waals surface area contributed by atoms with E-state index in [0.717, 1.165) is 5.92 Å².